The number of nitro benzene ring substituents is 1. The minimum atomic E-state index is -4.00. The van der Waals surface area contributed by atoms with Crippen molar-refractivity contribution in [3.8, 4) is 23.0 Å². The summed E-state index contributed by atoms with van der Waals surface area (Å²) in [5.41, 5.74) is 0.0212. The van der Waals surface area contributed by atoms with E-state index in [1.807, 2.05) is 0 Å². The minimum Gasteiger partial charge on any atom is -0.496 e. The van der Waals surface area contributed by atoms with E-state index in [0.29, 0.717) is 22.8 Å². The molecule has 0 saturated carbocycles. The normalized spacial score (nSPS) is 11.2. The van der Waals surface area contributed by atoms with E-state index in [0.717, 1.165) is 11.5 Å². The van der Waals surface area contributed by atoms with Crippen molar-refractivity contribution in [2.24, 2.45) is 0 Å². The Morgan fingerprint density at radius 1 is 0.931 bits per heavy atom. The molecule has 0 bridgehead atoms. The van der Waals surface area contributed by atoms with Crippen LogP contribution in [0.1, 0.15) is 5.56 Å². The van der Waals surface area contributed by atoms with Crippen LogP contribution in [-0.2, 0) is 10.0 Å². The van der Waals surface area contributed by atoms with Gasteiger partial charge < -0.3 is 18.9 Å². The van der Waals surface area contributed by atoms with Gasteiger partial charge in [-0.1, -0.05) is 0 Å². The summed E-state index contributed by atoms with van der Waals surface area (Å²) in [6.45, 7) is 0. The number of sulfonamides is 1. The lowest BCUT2D eigenvalue weighted by Crippen LogP contribution is -2.09. The average molecular weight is 424 g/mol. The highest BCUT2D eigenvalue weighted by Crippen LogP contribution is 2.35. The standard InChI is InChI=1S/C18H20N2O8S/c1-25-13-10-17(27-3)14(18(11-13)28-4)7-8-29(23,24)19-12-5-6-16(26-2)15(9-12)20(21)22/h5-11,19H,1-4H3/b8-7+. The maximum Gasteiger partial charge on any atom is 0.312 e. The smallest absolute Gasteiger partial charge is 0.312 e. The number of hydrogen-bond donors (Lipinski definition) is 1. The molecule has 29 heavy (non-hydrogen) atoms. The predicted molar refractivity (Wildman–Crippen MR) is 107 cm³/mol. The zero-order valence-corrected chi connectivity index (χ0v) is 17.0. The maximum absolute atomic E-state index is 12.4. The molecule has 0 amide bonds. The Bertz CT molecular complexity index is 1010. The van der Waals surface area contributed by atoms with Crippen LogP contribution < -0.4 is 23.7 Å². The van der Waals surface area contributed by atoms with Crippen LogP contribution in [0.3, 0.4) is 0 Å². The zero-order chi connectivity index (χ0) is 21.6. The van der Waals surface area contributed by atoms with Gasteiger partial charge in [0.15, 0.2) is 5.75 Å². The number of nitro groups is 1. The van der Waals surface area contributed by atoms with E-state index in [9.17, 15) is 18.5 Å². The van der Waals surface area contributed by atoms with Crippen LogP contribution in [0, 0.1) is 10.1 Å². The molecule has 0 heterocycles. The van der Waals surface area contributed by atoms with Gasteiger partial charge in [-0.2, -0.15) is 0 Å². The van der Waals surface area contributed by atoms with E-state index >= 15 is 0 Å². The van der Waals surface area contributed by atoms with Crippen LogP contribution in [-0.4, -0.2) is 41.8 Å². The van der Waals surface area contributed by atoms with Gasteiger partial charge in [0.1, 0.15) is 17.2 Å². The fourth-order valence-electron chi connectivity index (χ4n) is 2.45. The van der Waals surface area contributed by atoms with E-state index in [4.69, 9.17) is 18.9 Å². The first-order chi connectivity index (χ1) is 13.7. The molecule has 0 unspecified atom stereocenters. The zero-order valence-electron chi connectivity index (χ0n) is 16.2. The third-order valence-corrected chi connectivity index (χ3v) is 4.82. The van der Waals surface area contributed by atoms with Gasteiger partial charge in [0, 0.05) is 18.2 Å². The van der Waals surface area contributed by atoms with Gasteiger partial charge >= 0.3 is 5.69 Å². The summed E-state index contributed by atoms with van der Waals surface area (Å²) in [5, 5.41) is 12.0. The molecule has 1 N–H and O–H groups in total. The summed E-state index contributed by atoms with van der Waals surface area (Å²) in [4.78, 5) is 10.4. The number of methoxy groups -OCH3 is 4. The fourth-order valence-corrected chi connectivity index (χ4v) is 3.29. The van der Waals surface area contributed by atoms with Crippen LogP contribution in [0.25, 0.3) is 6.08 Å². The molecular formula is C18H20N2O8S. The summed E-state index contributed by atoms with van der Waals surface area (Å²) >= 11 is 0. The summed E-state index contributed by atoms with van der Waals surface area (Å²) < 4.78 is 47.7. The Labute approximate surface area is 167 Å². The quantitative estimate of drug-likeness (QED) is 0.481. The van der Waals surface area contributed by atoms with Gasteiger partial charge in [-0.15, -0.1) is 0 Å². The van der Waals surface area contributed by atoms with Crippen LogP contribution in [0.2, 0.25) is 0 Å². The molecular weight excluding hydrogens is 404 g/mol. The van der Waals surface area contributed by atoms with Crippen molar-refractivity contribution >= 4 is 27.5 Å². The van der Waals surface area contributed by atoms with E-state index in [-0.39, 0.29) is 17.1 Å². The molecule has 2 aromatic carbocycles. The lowest BCUT2D eigenvalue weighted by Gasteiger charge is -2.12. The average Bonchev–Trinajstić information content (AvgIpc) is 2.71. The lowest BCUT2D eigenvalue weighted by molar-refractivity contribution is -0.385. The summed E-state index contributed by atoms with van der Waals surface area (Å²) in [6, 6.07) is 6.88. The molecule has 156 valence electrons. The van der Waals surface area contributed by atoms with Crippen LogP contribution in [0.15, 0.2) is 35.7 Å². The molecule has 0 spiro atoms. The first kappa shape index (κ1) is 21.8. The molecule has 0 aromatic heterocycles. The molecule has 2 aromatic rings. The van der Waals surface area contributed by atoms with Crippen molar-refractivity contribution in [1.82, 2.24) is 0 Å². The van der Waals surface area contributed by atoms with E-state index in [1.54, 1.807) is 12.1 Å². The van der Waals surface area contributed by atoms with Gasteiger partial charge in [-0.3, -0.25) is 14.8 Å². The molecule has 0 aliphatic heterocycles. The Hall–Kier alpha value is -3.47. The predicted octanol–water partition coefficient (Wildman–Crippen LogP) is 3.04. The Morgan fingerprint density at radius 3 is 2.00 bits per heavy atom. The Balaban J connectivity index is 2.36. The first-order valence-corrected chi connectivity index (χ1v) is 9.62. The Kier molecular flexibility index (Phi) is 6.89. The molecule has 0 radical (unpaired) electrons. The van der Waals surface area contributed by atoms with E-state index in [1.165, 1.54) is 46.6 Å². The number of nitrogens with zero attached hydrogens (tertiary/aromatic N) is 1. The van der Waals surface area contributed by atoms with Crippen molar-refractivity contribution in [3.05, 3.63) is 51.4 Å². The highest BCUT2D eigenvalue weighted by atomic mass is 32.2. The van der Waals surface area contributed by atoms with E-state index in [2.05, 4.69) is 4.72 Å². The molecule has 10 nitrogen and oxygen atoms in total. The van der Waals surface area contributed by atoms with Gasteiger partial charge in [0.25, 0.3) is 10.0 Å². The summed E-state index contributed by atoms with van der Waals surface area (Å²) in [7, 11) is 1.61. The molecule has 0 aliphatic rings. The van der Waals surface area contributed by atoms with Crippen LogP contribution >= 0.6 is 0 Å². The van der Waals surface area contributed by atoms with Gasteiger partial charge in [0.05, 0.1) is 50.0 Å². The largest absolute Gasteiger partial charge is 0.496 e. The number of hydrogen-bond acceptors (Lipinski definition) is 8. The second-order valence-corrected chi connectivity index (χ2v) is 7.11. The van der Waals surface area contributed by atoms with Crippen molar-refractivity contribution in [2.45, 2.75) is 0 Å². The lowest BCUT2D eigenvalue weighted by atomic mass is 10.1. The third-order valence-electron chi connectivity index (χ3n) is 3.80. The van der Waals surface area contributed by atoms with Crippen molar-refractivity contribution in [2.75, 3.05) is 33.2 Å². The molecule has 0 aliphatic carbocycles. The van der Waals surface area contributed by atoms with Gasteiger partial charge in [-0.25, -0.2) is 8.42 Å². The fraction of sp³-hybridized carbons (Fsp3) is 0.222. The number of anilines is 1. The maximum atomic E-state index is 12.4. The highest BCUT2D eigenvalue weighted by molar-refractivity contribution is 7.95. The number of ether oxygens (including phenoxy) is 4. The van der Waals surface area contributed by atoms with Gasteiger partial charge in [0.2, 0.25) is 0 Å². The topological polar surface area (TPSA) is 126 Å². The molecule has 2 rings (SSSR count). The SMILES string of the molecule is COc1cc(OC)c(/C=C/S(=O)(=O)Nc2ccc(OC)c([N+](=O)[O-])c2)c(OC)c1. The number of benzene rings is 2. The summed E-state index contributed by atoms with van der Waals surface area (Å²) in [5.74, 6) is 1.17. The third kappa shape index (κ3) is 5.29. The highest BCUT2D eigenvalue weighted by Gasteiger charge is 2.18. The van der Waals surface area contributed by atoms with Crippen LogP contribution in [0.5, 0.6) is 23.0 Å². The van der Waals surface area contributed by atoms with Crippen molar-refractivity contribution in [3.63, 3.8) is 0 Å². The molecule has 0 atom stereocenters. The molecule has 0 fully saturated rings. The monoisotopic (exact) mass is 424 g/mol. The van der Waals surface area contributed by atoms with Crippen LogP contribution in [0.4, 0.5) is 11.4 Å². The molecule has 0 saturated heterocycles. The van der Waals surface area contributed by atoms with E-state index < -0.39 is 14.9 Å². The summed E-state index contributed by atoms with van der Waals surface area (Å²) in [6.07, 6.45) is 1.29. The first-order valence-electron chi connectivity index (χ1n) is 8.08. The number of rotatable bonds is 9. The van der Waals surface area contributed by atoms with Crippen molar-refractivity contribution in [1.29, 1.82) is 0 Å². The second-order valence-electron chi connectivity index (χ2n) is 5.54. The Morgan fingerprint density at radius 2 is 1.52 bits per heavy atom. The number of nitrogens with one attached hydrogen (secondary N) is 1. The van der Waals surface area contributed by atoms with Crippen molar-refractivity contribution < 1.29 is 32.3 Å². The second kappa shape index (κ2) is 9.15. The minimum absolute atomic E-state index is 0.0100. The molecule has 11 heteroatoms. The van der Waals surface area contributed by atoms with Gasteiger partial charge in [-0.05, 0) is 18.2 Å².